The summed E-state index contributed by atoms with van der Waals surface area (Å²) in [6.45, 7) is 4.02. The molecule has 0 radical (unpaired) electrons. The Balaban J connectivity index is 0.00000288. The van der Waals surface area contributed by atoms with Crippen molar-refractivity contribution in [2.24, 2.45) is 10.9 Å². The fourth-order valence-corrected chi connectivity index (χ4v) is 2.93. The molecule has 1 aromatic rings. The lowest BCUT2D eigenvalue weighted by molar-refractivity contribution is 0.181. The summed E-state index contributed by atoms with van der Waals surface area (Å²) in [5.74, 6) is 2.08. The number of halogens is 3. The zero-order valence-corrected chi connectivity index (χ0v) is 17.7. The second-order valence-corrected chi connectivity index (χ2v) is 6.34. The van der Waals surface area contributed by atoms with E-state index in [1.165, 1.54) is 0 Å². The van der Waals surface area contributed by atoms with Crippen LogP contribution in [-0.4, -0.2) is 62.8 Å². The number of guanidine groups is 1. The van der Waals surface area contributed by atoms with Crippen LogP contribution in [0.4, 0.5) is 5.82 Å². The van der Waals surface area contributed by atoms with Crippen LogP contribution in [0.3, 0.4) is 0 Å². The standard InChI is InChI=1S/C15H23Cl2N5O.HI/c1-18-15(22(2)9-11-3-6-23-10-11)20-5-4-19-14-13(17)7-12(16)8-21-14;/h7-8,11H,3-6,9-10H2,1-2H3,(H,18,20)(H,19,21);1H. The minimum Gasteiger partial charge on any atom is -0.381 e. The number of anilines is 1. The molecule has 1 aliphatic heterocycles. The number of hydrogen-bond donors (Lipinski definition) is 2. The Hall–Kier alpha value is -0.510. The van der Waals surface area contributed by atoms with Crippen LogP contribution in [0.2, 0.25) is 10.0 Å². The predicted molar refractivity (Wildman–Crippen MR) is 111 cm³/mol. The maximum atomic E-state index is 6.07. The first-order valence-electron chi connectivity index (χ1n) is 7.64. The Labute approximate surface area is 170 Å². The topological polar surface area (TPSA) is 61.8 Å². The van der Waals surface area contributed by atoms with E-state index < -0.39 is 0 Å². The van der Waals surface area contributed by atoms with Crippen molar-refractivity contribution in [3.63, 3.8) is 0 Å². The monoisotopic (exact) mass is 487 g/mol. The van der Waals surface area contributed by atoms with Gasteiger partial charge in [0.2, 0.25) is 0 Å². The molecule has 1 atom stereocenters. The molecule has 1 unspecified atom stereocenters. The predicted octanol–water partition coefficient (Wildman–Crippen LogP) is 2.96. The highest BCUT2D eigenvalue weighted by Gasteiger charge is 2.18. The molecule has 0 bridgehead atoms. The lowest BCUT2D eigenvalue weighted by atomic mass is 10.1. The summed E-state index contributed by atoms with van der Waals surface area (Å²) in [6, 6.07) is 1.67. The largest absolute Gasteiger partial charge is 0.381 e. The van der Waals surface area contributed by atoms with Crippen LogP contribution in [-0.2, 0) is 4.74 Å². The van der Waals surface area contributed by atoms with Gasteiger partial charge in [0.15, 0.2) is 5.96 Å². The molecule has 0 aliphatic carbocycles. The second-order valence-electron chi connectivity index (χ2n) is 5.49. The van der Waals surface area contributed by atoms with Crippen LogP contribution < -0.4 is 10.6 Å². The number of aromatic nitrogens is 1. The summed E-state index contributed by atoms with van der Waals surface area (Å²) in [5.41, 5.74) is 0. The van der Waals surface area contributed by atoms with E-state index in [0.717, 1.165) is 32.1 Å². The normalized spacial score (nSPS) is 17.3. The Morgan fingerprint density at radius 1 is 1.46 bits per heavy atom. The van der Waals surface area contributed by atoms with Crippen molar-refractivity contribution in [1.82, 2.24) is 15.2 Å². The lowest BCUT2D eigenvalue weighted by Gasteiger charge is -2.24. The number of nitrogens with one attached hydrogen (secondary N) is 2. The minimum absolute atomic E-state index is 0. The van der Waals surface area contributed by atoms with Gasteiger partial charge in [0.1, 0.15) is 5.82 Å². The summed E-state index contributed by atoms with van der Waals surface area (Å²) >= 11 is 11.9. The quantitative estimate of drug-likeness (QED) is 0.279. The van der Waals surface area contributed by atoms with Crippen molar-refractivity contribution in [2.45, 2.75) is 6.42 Å². The summed E-state index contributed by atoms with van der Waals surface area (Å²) in [6.07, 6.45) is 2.68. The number of rotatable bonds is 6. The van der Waals surface area contributed by atoms with Crippen LogP contribution in [0.15, 0.2) is 17.3 Å². The van der Waals surface area contributed by atoms with Gasteiger partial charge in [-0.25, -0.2) is 4.98 Å². The number of hydrogen-bond acceptors (Lipinski definition) is 4. The third-order valence-corrected chi connectivity index (χ3v) is 4.13. The SMILES string of the molecule is CN=C(NCCNc1ncc(Cl)cc1Cl)N(C)CC1CCOC1.I. The van der Waals surface area contributed by atoms with Crippen LogP contribution in [0.5, 0.6) is 0 Å². The summed E-state index contributed by atoms with van der Waals surface area (Å²) < 4.78 is 5.41. The average Bonchev–Trinajstić information content (AvgIpc) is 3.02. The van der Waals surface area contributed by atoms with E-state index in [1.807, 2.05) is 7.05 Å². The molecule has 2 heterocycles. The number of ether oxygens (including phenoxy) is 1. The van der Waals surface area contributed by atoms with Crippen molar-refractivity contribution in [2.75, 3.05) is 52.3 Å². The van der Waals surface area contributed by atoms with Gasteiger partial charge in [-0.1, -0.05) is 23.2 Å². The van der Waals surface area contributed by atoms with E-state index >= 15 is 0 Å². The van der Waals surface area contributed by atoms with Crippen molar-refractivity contribution in [1.29, 1.82) is 0 Å². The van der Waals surface area contributed by atoms with Gasteiger partial charge in [-0.05, 0) is 12.5 Å². The Kier molecular flexibility index (Phi) is 10.0. The smallest absolute Gasteiger partial charge is 0.193 e. The zero-order valence-electron chi connectivity index (χ0n) is 13.9. The Bertz CT molecular complexity index is 541. The third-order valence-electron chi connectivity index (χ3n) is 3.64. The van der Waals surface area contributed by atoms with Gasteiger partial charge in [-0.3, -0.25) is 4.99 Å². The van der Waals surface area contributed by atoms with Gasteiger partial charge in [0.25, 0.3) is 0 Å². The molecule has 1 fully saturated rings. The van der Waals surface area contributed by atoms with Crippen LogP contribution in [0.25, 0.3) is 0 Å². The molecule has 2 N–H and O–H groups in total. The molecule has 0 amide bonds. The number of aliphatic imine (C=N–C) groups is 1. The van der Waals surface area contributed by atoms with E-state index in [1.54, 1.807) is 19.3 Å². The van der Waals surface area contributed by atoms with E-state index in [9.17, 15) is 0 Å². The van der Waals surface area contributed by atoms with E-state index in [-0.39, 0.29) is 24.0 Å². The molecule has 1 aromatic heterocycles. The van der Waals surface area contributed by atoms with Crippen LogP contribution in [0, 0.1) is 5.92 Å². The highest BCUT2D eigenvalue weighted by atomic mass is 127. The molecule has 9 heteroatoms. The van der Waals surface area contributed by atoms with Gasteiger partial charge in [0.05, 0.1) is 16.7 Å². The first-order chi connectivity index (χ1) is 11.1. The summed E-state index contributed by atoms with van der Waals surface area (Å²) in [7, 11) is 3.83. The molecule has 1 aliphatic rings. The zero-order chi connectivity index (χ0) is 16.7. The summed E-state index contributed by atoms with van der Waals surface area (Å²) in [5, 5.41) is 7.53. The third kappa shape index (κ3) is 6.78. The molecular weight excluding hydrogens is 464 g/mol. The highest BCUT2D eigenvalue weighted by Crippen LogP contribution is 2.22. The van der Waals surface area contributed by atoms with Crippen molar-refractivity contribution >= 4 is 59.0 Å². The first-order valence-corrected chi connectivity index (χ1v) is 8.40. The van der Waals surface area contributed by atoms with Crippen molar-refractivity contribution in [3.8, 4) is 0 Å². The highest BCUT2D eigenvalue weighted by molar-refractivity contribution is 14.0. The molecule has 6 nitrogen and oxygen atoms in total. The average molecular weight is 488 g/mol. The molecule has 1 saturated heterocycles. The maximum Gasteiger partial charge on any atom is 0.193 e. The van der Waals surface area contributed by atoms with E-state index in [0.29, 0.717) is 34.9 Å². The van der Waals surface area contributed by atoms with Crippen LogP contribution >= 0.6 is 47.2 Å². The minimum atomic E-state index is 0. The lowest BCUT2D eigenvalue weighted by Crippen LogP contribution is -2.43. The van der Waals surface area contributed by atoms with Gasteiger partial charge in [-0.2, -0.15) is 0 Å². The summed E-state index contributed by atoms with van der Waals surface area (Å²) in [4.78, 5) is 10.6. The van der Waals surface area contributed by atoms with Crippen molar-refractivity contribution in [3.05, 3.63) is 22.3 Å². The molecule has 136 valence electrons. The number of nitrogens with zero attached hydrogens (tertiary/aromatic N) is 3. The van der Waals surface area contributed by atoms with Crippen molar-refractivity contribution < 1.29 is 4.74 Å². The molecule has 2 rings (SSSR count). The van der Waals surface area contributed by atoms with Crippen LogP contribution in [0.1, 0.15) is 6.42 Å². The molecule has 24 heavy (non-hydrogen) atoms. The van der Waals surface area contributed by atoms with Gasteiger partial charge in [-0.15, -0.1) is 24.0 Å². The second kappa shape index (κ2) is 11.2. The molecular formula is C15H24Cl2IN5O. The molecule has 0 aromatic carbocycles. The fraction of sp³-hybridized carbons (Fsp3) is 0.600. The Morgan fingerprint density at radius 2 is 2.25 bits per heavy atom. The maximum absolute atomic E-state index is 6.07. The molecule has 0 spiro atoms. The molecule has 0 saturated carbocycles. The van der Waals surface area contributed by atoms with E-state index in [4.69, 9.17) is 27.9 Å². The van der Waals surface area contributed by atoms with Gasteiger partial charge < -0.3 is 20.3 Å². The van der Waals surface area contributed by atoms with E-state index in [2.05, 4.69) is 25.5 Å². The fourth-order valence-electron chi connectivity index (χ4n) is 2.49. The van der Waals surface area contributed by atoms with Gasteiger partial charge in [0, 0.05) is 52.5 Å². The Morgan fingerprint density at radius 3 is 2.88 bits per heavy atom. The first kappa shape index (κ1) is 21.5. The van der Waals surface area contributed by atoms with Gasteiger partial charge >= 0.3 is 0 Å². The number of pyridine rings is 1.